The van der Waals surface area contributed by atoms with Crippen molar-refractivity contribution < 1.29 is 4.79 Å². The van der Waals surface area contributed by atoms with E-state index in [1.807, 2.05) is 27.0 Å². The van der Waals surface area contributed by atoms with Crippen LogP contribution in [0.2, 0.25) is 0 Å². The Hall–Kier alpha value is -1.04. The Balaban J connectivity index is 2.66. The van der Waals surface area contributed by atoms with Gasteiger partial charge in [-0.05, 0) is 20.1 Å². The second kappa shape index (κ2) is 5.30. The van der Waals surface area contributed by atoms with E-state index >= 15 is 0 Å². The molecule has 0 aliphatic rings. The fourth-order valence-electron chi connectivity index (χ4n) is 1.14. The van der Waals surface area contributed by atoms with Crippen LogP contribution in [0, 0.1) is 0 Å². The van der Waals surface area contributed by atoms with Crippen LogP contribution in [-0.2, 0) is 5.41 Å². The summed E-state index contributed by atoms with van der Waals surface area (Å²) in [5, 5.41) is 9.61. The molecule has 1 aromatic heterocycles. The summed E-state index contributed by atoms with van der Waals surface area (Å²) in [5.41, 5.74) is -0.135. The molecule has 0 bridgehead atoms. The fourth-order valence-corrected chi connectivity index (χ4v) is 1.36. The molecule has 6 heteroatoms. The minimum Gasteiger partial charge on any atom is -0.348 e. The van der Waals surface area contributed by atoms with Crippen LogP contribution in [0.3, 0.4) is 0 Å². The minimum atomic E-state index is -0.233. The lowest BCUT2D eigenvalue weighted by atomic mass is 9.96. The molecule has 0 aliphatic carbocycles. The molecule has 0 saturated heterocycles. The lowest BCUT2D eigenvalue weighted by molar-refractivity contribution is 0.0940. The average Bonchev–Trinajstić information content (AvgIpc) is 2.75. The molecular formula is C12H22N4OS. The Morgan fingerprint density at radius 2 is 1.94 bits per heavy atom. The molecule has 1 amide bonds. The monoisotopic (exact) mass is 270 g/mol. The van der Waals surface area contributed by atoms with Crippen LogP contribution in [-0.4, -0.2) is 38.6 Å². The summed E-state index contributed by atoms with van der Waals surface area (Å²) in [7, 11) is 0. The van der Waals surface area contributed by atoms with Gasteiger partial charge in [-0.2, -0.15) is 11.8 Å². The number of hydrogen-bond donors (Lipinski definition) is 2. The SMILES string of the molecule is CSC(C)(C)CNC(=O)c1n[nH]c(C(C)(C)C)n1. The van der Waals surface area contributed by atoms with Gasteiger partial charge in [0, 0.05) is 16.7 Å². The molecule has 0 fully saturated rings. The fraction of sp³-hybridized carbons (Fsp3) is 0.750. The average molecular weight is 270 g/mol. The van der Waals surface area contributed by atoms with Crippen LogP contribution in [0.5, 0.6) is 0 Å². The Kier molecular flexibility index (Phi) is 4.42. The number of nitrogens with zero attached hydrogens (tertiary/aromatic N) is 2. The predicted octanol–water partition coefficient (Wildman–Crippen LogP) is 1.97. The van der Waals surface area contributed by atoms with Gasteiger partial charge in [-0.15, -0.1) is 5.10 Å². The van der Waals surface area contributed by atoms with E-state index < -0.39 is 0 Å². The summed E-state index contributed by atoms with van der Waals surface area (Å²) in [4.78, 5) is 16.1. The van der Waals surface area contributed by atoms with Gasteiger partial charge in [-0.1, -0.05) is 20.8 Å². The summed E-state index contributed by atoms with van der Waals surface area (Å²) in [5.74, 6) is 0.692. The van der Waals surface area contributed by atoms with E-state index in [2.05, 4.69) is 34.3 Å². The lowest BCUT2D eigenvalue weighted by Gasteiger charge is -2.21. The summed E-state index contributed by atoms with van der Waals surface area (Å²) in [6.45, 7) is 10.8. The number of aromatic nitrogens is 3. The van der Waals surface area contributed by atoms with Crippen molar-refractivity contribution >= 4 is 17.7 Å². The molecule has 1 rings (SSSR count). The number of H-pyrrole nitrogens is 1. The van der Waals surface area contributed by atoms with Crippen molar-refractivity contribution in [1.29, 1.82) is 0 Å². The highest BCUT2D eigenvalue weighted by Gasteiger charge is 2.23. The number of hydrogen-bond acceptors (Lipinski definition) is 4. The maximum absolute atomic E-state index is 11.9. The lowest BCUT2D eigenvalue weighted by Crippen LogP contribution is -2.36. The van der Waals surface area contributed by atoms with Gasteiger partial charge in [0.15, 0.2) is 0 Å². The van der Waals surface area contributed by atoms with Gasteiger partial charge in [-0.3, -0.25) is 9.89 Å². The number of carbonyl (C=O) groups excluding carboxylic acids is 1. The Morgan fingerprint density at radius 1 is 1.33 bits per heavy atom. The third kappa shape index (κ3) is 4.01. The standard InChI is InChI=1S/C12H22N4OS/c1-11(2,3)10-14-8(15-16-10)9(17)13-7-12(4,5)18-6/h7H2,1-6H3,(H,13,17)(H,14,15,16). The third-order valence-electron chi connectivity index (χ3n) is 2.63. The molecule has 0 aliphatic heterocycles. The van der Waals surface area contributed by atoms with E-state index in [-0.39, 0.29) is 21.9 Å². The first-order chi connectivity index (χ1) is 8.15. The van der Waals surface area contributed by atoms with Crippen LogP contribution in [0.15, 0.2) is 0 Å². The number of rotatable bonds is 4. The van der Waals surface area contributed by atoms with Crippen molar-refractivity contribution in [1.82, 2.24) is 20.5 Å². The van der Waals surface area contributed by atoms with Crippen molar-refractivity contribution in [3.05, 3.63) is 11.6 Å². The largest absolute Gasteiger partial charge is 0.348 e. The third-order valence-corrected chi connectivity index (χ3v) is 3.88. The van der Waals surface area contributed by atoms with E-state index in [0.717, 1.165) is 5.82 Å². The zero-order chi connectivity index (χ0) is 14.0. The highest BCUT2D eigenvalue weighted by atomic mass is 32.2. The Bertz CT molecular complexity index is 420. The second-order valence-electron chi connectivity index (χ2n) is 5.90. The van der Waals surface area contributed by atoms with E-state index in [0.29, 0.717) is 6.54 Å². The van der Waals surface area contributed by atoms with Gasteiger partial charge in [0.05, 0.1) is 0 Å². The normalized spacial score (nSPS) is 12.6. The topological polar surface area (TPSA) is 70.7 Å². The van der Waals surface area contributed by atoms with Crippen LogP contribution in [0.4, 0.5) is 0 Å². The first-order valence-corrected chi connectivity index (χ1v) is 7.14. The smallest absolute Gasteiger partial charge is 0.291 e. The van der Waals surface area contributed by atoms with Gasteiger partial charge in [0.25, 0.3) is 5.91 Å². The minimum absolute atomic E-state index is 0.0127. The molecule has 0 atom stereocenters. The molecule has 102 valence electrons. The molecule has 0 unspecified atom stereocenters. The molecule has 18 heavy (non-hydrogen) atoms. The van der Waals surface area contributed by atoms with Crippen LogP contribution < -0.4 is 5.32 Å². The Morgan fingerprint density at radius 3 is 2.39 bits per heavy atom. The van der Waals surface area contributed by atoms with E-state index in [1.165, 1.54) is 0 Å². The number of aromatic amines is 1. The number of amides is 1. The molecule has 0 radical (unpaired) electrons. The second-order valence-corrected chi connectivity index (χ2v) is 7.42. The summed E-state index contributed by atoms with van der Waals surface area (Å²) >= 11 is 1.71. The van der Waals surface area contributed by atoms with E-state index in [4.69, 9.17) is 0 Å². The molecule has 5 nitrogen and oxygen atoms in total. The van der Waals surface area contributed by atoms with Crippen LogP contribution >= 0.6 is 11.8 Å². The predicted molar refractivity (Wildman–Crippen MR) is 75.0 cm³/mol. The summed E-state index contributed by atoms with van der Waals surface area (Å²) in [6, 6.07) is 0. The van der Waals surface area contributed by atoms with Gasteiger partial charge in [0.1, 0.15) is 5.82 Å². The molecule has 0 aromatic carbocycles. The summed E-state index contributed by atoms with van der Waals surface area (Å²) in [6.07, 6.45) is 2.02. The Labute approximate surface area is 113 Å². The van der Waals surface area contributed by atoms with Crippen molar-refractivity contribution in [3.8, 4) is 0 Å². The van der Waals surface area contributed by atoms with Gasteiger partial charge < -0.3 is 5.32 Å². The highest BCUT2D eigenvalue weighted by molar-refractivity contribution is 7.99. The molecule has 0 saturated carbocycles. The van der Waals surface area contributed by atoms with E-state index in [9.17, 15) is 4.79 Å². The molecule has 1 heterocycles. The van der Waals surface area contributed by atoms with Crippen molar-refractivity contribution in [2.75, 3.05) is 12.8 Å². The number of thioether (sulfide) groups is 1. The number of carbonyl (C=O) groups is 1. The first-order valence-electron chi connectivity index (χ1n) is 5.92. The quantitative estimate of drug-likeness (QED) is 0.877. The maximum atomic E-state index is 11.9. The van der Waals surface area contributed by atoms with Crippen molar-refractivity contribution in [2.24, 2.45) is 0 Å². The molecular weight excluding hydrogens is 248 g/mol. The van der Waals surface area contributed by atoms with Crippen LogP contribution in [0.25, 0.3) is 0 Å². The molecule has 0 spiro atoms. The van der Waals surface area contributed by atoms with Gasteiger partial charge in [-0.25, -0.2) is 4.98 Å². The van der Waals surface area contributed by atoms with Crippen LogP contribution in [0.1, 0.15) is 51.1 Å². The highest BCUT2D eigenvalue weighted by Crippen LogP contribution is 2.20. The van der Waals surface area contributed by atoms with Crippen molar-refractivity contribution in [3.63, 3.8) is 0 Å². The molecule has 1 aromatic rings. The van der Waals surface area contributed by atoms with Gasteiger partial charge in [0.2, 0.25) is 5.82 Å². The van der Waals surface area contributed by atoms with E-state index in [1.54, 1.807) is 11.8 Å². The number of nitrogens with one attached hydrogen (secondary N) is 2. The maximum Gasteiger partial charge on any atom is 0.291 e. The molecule has 2 N–H and O–H groups in total. The zero-order valence-corrected chi connectivity index (χ0v) is 12.7. The van der Waals surface area contributed by atoms with Crippen molar-refractivity contribution in [2.45, 2.75) is 44.8 Å². The summed E-state index contributed by atoms with van der Waals surface area (Å²) < 4.78 is 0.0127. The van der Waals surface area contributed by atoms with Gasteiger partial charge >= 0.3 is 0 Å². The zero-order valence-electron chi connectivity index (χ0n) is 11.9. The first kappa shape index (κ1) is 15.0.